The topological polar surface area (TPSA) is 66.4 Å². The third-order valence-electron chi connectivity index (χ3n) is 5.49. The SMILES string of the molecule is CC(C)(C)[Si](C)(C)C1(C(=O)O)NC(Cc2ccccc2)C1=O. The van der Waals surface area contributed by atoms with E-state index in [0.29, 0.717) is 6.42 Å². The molecule has 4 nitrogen and oxygen atoms in total. The minimum absolute atomic E-state index is 0.157. The molecule has 120 valence electrons. The van der Waals surface area contributed by atoms with Gasteiger partial charge in [-0.15, -0.1) is 0 Å². The molecule has 2 atom stereocenters. The van der Waals surface area contributed by atoms with E-state index in [1.54, 1.807) is 0 Å². The molecule has 1 fully saturated rings. The first-order valence-electron chi connectivity index (χ1n) is 7.63. The fourth-order valence-electron chi connectivity index (χ4n) is 3.06. The molecule has 2 N–H and O–H groups in total. The summed E-state index contributed by atoms with van der Waals surface area (Å²) in [6, 6.07) is 9.31. The van der Waals surface area contributed by atoms with E-state index in [4.69, 9.17) is 0 Å². The molecule has 1 heterocycles. The van der Waals surface area contributed by atoms with Crippen LogP contribution in [-0.4, -0.2) is 36.1 Å². The molecule has 1 aliphatic rings. The van der Waals surface area contributed by atoms with Crippen LogP contribution in [0.4, 0.5) is 0 Å². The van der Waals surface area contributed by atoms with Gasteiger partial charge in [0.25, 0.3) is 0 Å². The molecule has 2 unspecified atom stereocenters. The number of carbonyl (C=O) groups excluding carboxylic acids is 1. The Balaban J connectivity index is 2.27. The van der Waals surface area contributed by atoms with Gasteiger partial charge in [0.2, 0.25) is 0 Å². The predicted molar refractivity (Wildman–Crippen MR) is 89.6 cm³/mol. The molecular weight excluding hydrogens is 294 g/mol. The molecule has 0 bridgehead atoms. The van der Waals surface area contributed by atoms with Crippen LogP contribution in [-0.2, 0) is 16.0 Å². The van der Waals surface area contributed by atoms with E-state index in [0.717, 1.165) is 5.56 Å². The lowest BCUT2D eigenvalue weighted by Crippen LogP contribution is -2.87. The Hall–Kier alpha value is -1.46. The highest BCUT2D eigenvalue weighted by molar-refractivity contribution is 6.90. The quantitative estimate of drug-likeness (QED) is 0.661. The van der Waals surface area contributed by atoms with Gasteiger partial charge in [0.05, 0.1) is 6.04 Å². The fourth-order valence-corrected chi connectivity index (χ4v) is 6.05. The molecule has 0 aliphatic carbocycles. The van der Waals surface area contributed by atoms with E-state index in [1.165, 1.54) is 0 Å². The number of rotatable bonds is 4. The number of carboxylic acids is 1. The number of carboxylic acid groups (broad SMARTS) is 1. The number of benzene rings is 1. The summed E-state index contributed by atoms with van der Waals surface area (Å²) >= 11 is 0. The Labute approximate surface area is 132 Å². The van der Waals surface area contributed by atoms with Gasteiger partial charge in [-0.05, 0) is 17.0 Å². The van der Waals surface area contributed by atoms with Gasteiger partial charge in [-0.25, -0.2) is 0 Å². The number of carbonyl (C=O) groups is 2. The van der Waals surface area contributed by atoms with Crippen molar-refractivity contribution in [2.24, 2.45) is 0 Å². The summed E-state index contributed by atoms with van der Waals surface area (Å²) in [5.74, 6) is -1.18. The van der Waals surface area contributed by atoms with Crippen LogP contribution in [0.25, 0.3) is 0 Å². The standard InChI is InChI=1S/C17H25NO3Si/c1-16(2,3)22(4,5)17(15(20)21)14(19)13(18-17)11-12-9-7-6-8-10-12/h6-10,13,18H,11H2,1-5H3,(H,20,21). The highest BCUT2D eigenvalue weighted by atomic mass is 28.3. The minimum atomic E-state index is -2.42. The van der Waals surface area contributed by atoms with Gasteiger partial charge in [0.15, 0.2) is 10.9 Å². The molecule has 1 aromatic carbocycles. The predicted octanol–water partition coefficient (Wildman–Crippen LogP) is 2.64. The summed E-state index contributed by atoms with van der Waals surface area (Å²) in [5.41, 5.74) is 1.04. The van der Waals surface area contributed by atoms with E-state index in [-0.39, 0.29) is 10.8 Å². The monoisotopic (exact) mass is 319 g/mol. The highest BCUT2D eigenvalue weighted by Crippen LogP contribution is 2.46. The van der Waals surface area contributed by atoms with Crippen LogP contribution in [0.2, 0.25) is 18.1 Å². The maximum absolute atomic E-state index is 12.8. The van der Waals surface area contributed by atoms with Crippen LogP contribution in [0.3, 0.4) is 0 Å². The smallest absolute Gasteiger partial charge is 0.328 e. The van der Waals surface area contributed by atoms with Gasteiger partial charge in [-0.1, -0.05) is 64.2 Å². The maximum Gasteiger partial charge on any atom is 0.328 e. The summed E-state index contributed by atoms with van der Waals surface area (Å²) in [6.07, 6.45) is 0.545. The second-order valence-electron chi connectivity index (χ2n) is 7.68. The number of hydrogen-bond donors (Lipinski definition) is 2. The number of hydrogen-bond acceptors (Lipinski definition) is 3. The molecule has 1 aliphatic heterocycles. The van der Waals surface area contributed by atoms with E-state index in [2.05, 4.69) is 5.32 Å². The van der Waals surface area contributed by atoms with Crippen molar-refractivity contribution in [1.82, 2.24) is 5.32 Å². The Kier molecular flexibility index (Phi) is 4.08. The van der Waals surface area contributed by atoms with E-state index in [1.807, 2.05) is 64.2 Å². The molecule has 0 spiro atoms. The molecule has 0 saturated carbocycles. The summed E-state index contributed by atoms with van der Waals surface area (Å²) in [4.78, 5) is 24.8. The molecule has 2 rings (SSSR count). The van der Waals surface area contributed by atoms with E-state index < -0.39 is 25.2 Å². The third-order valence-corrected chi connectivity index (χ3v) is 11.7. The van der Waals surface area contributed by atoms with Crippen LogP contribution in [0.1, 0.15) is 26.3 Å². The lowest BCUT2D eigenvalue weighted by atomic mass is 9.89. The van der Waals surface area contributed by atoms with Crippen molar-refractivity contribution >= 4 is 19.8 Å². The first-order valence-corrected chi connectivity index (χ1v) is 10.6. The maximum atomic E-state index is 12.8. The Morgan fingerprint density at radius 2 is 1.82 bits per heavy atom. The van der Waals surface area contributed by atoms with Crippen LogP contribution < -0.4 is 5.32 Å². The zero-order chi connectivity index (χ0) is 16.8. The van der Waals surface area contributed by atoms with Gasteiger partial charge >= 0.3 is 5.97 Å². The van der Waals surface area contributed by atoms with Crippen molar-refractivity contribution in [3.8, 4) is 0 Å². The van der Waals surface area contributed by atoms with Crippen molar-refractivity contribution < 1.29 is 14.7 Å². The highest BCUT2D eigenvalue weighted by Gasteiger charge is 2.69. The van der Waals surface area contributed by atoms with Crippen molar-refractivity contribution in [3.05, 3.63) is 35.9 Å². The Bertz CT molecular complexity index is 592. The number of aliphatic carboxylic acids is 1. The largest absolute Gasteiger partial charge is 0.480 e. The summed E-state index contributed by atoms with van der Waals surface area (Å²) < 4.78 is 0. The molecule has 1 saturated heterocycles. The first-order chi connectivity index (χ1) is 10.0. The van der Waals surface area contributed by atoms with Gasteiger partial charge in [-0.2, -0.15) is 0 Å². The minimum Gasteiger partial charge on any atom is -0.480 e. The zero-order valence-corrected chi connectivity index (χ0v) is 14.9. The van der Waals surface area contributed by atoms with Crippen molar-refractivity contribution in [3.63, 3.8) is 0 Å². The summed E-state index contributed by atoms with van der Waals surface area (Å²) in [6.45, 7) is 10.1. The molecule has 0 radical (unpaired) electrons. The van der Waals surface area contributed by atoms with Crippen molar-refractivity contribution in [1.29, 1.82) is 0 Å². The zero-order valence-electron chi connectivity index (χ0n) is 13.9. The van der Waals surface area contributed by atoms with E-state index >= 15 is 0 Å². The van der Waals surface area contributed by atoms with Gasteiger partial charge in [0, 0.05) is 0 Å². The average molecular weight is 319 g/mol. The van der Waals surface area contributed by atoms with Crippen molar-refractivity contribution in [2.75, 3.05) is 0 Å². The molecule has 1 aromatic rings. The fraction of sp³-hybridized carbons (Fsp3) is 0.529. The second kappa shape index (κ2) is 5.32. The number of Topliss-reactive ketones (excluding diaryl/α,β-unsaturated/α-hetero) is 1. The Morgan fingerprint density at radius 1 is 1.27 bits per heavy atom. The van der Waals surface area contributed by atoms with Crippen LogP contribution in [0.5, 0.6) is 0 Å². The molecule has 5 heteroatoms. The van der Waals surface area contributed by atoms with Crippen LogP contribution in [0, 0.1) is 0 Å². The molecule has 22 heavy (non-hydrogen) atoms. The van der Waals surface area contributed by atoms with E-state index in [9.17, 15) is 14.7 Å². The lowest BCUT2D eigenvalue weighted by molar-refractivity contribution is -0.153. The summed E-state index contributed by atoms with van der Waals surface area (Å²) in [7, 11) is -2.42. The van der Waals surface area contributed by atoms with Gasteiger partial charge in [-0.3, -0.25) is 14.9 Å². The summed E-state index contributed by atoms with van der Waals surface area (Å²) in [5, 5.41) is 11.4. The van der Waals surface area contributed by atoms with Gasteiger partial charge in [0.1, 0.15) is 8.07 Å². The molecular formula is C17H25NO3Si. The van der Waals surface area contributed by atoms with Crippen molar-refractivity contribution in [2.45, 2.75) is 56.5 Å². The Morgan fingerprint density at radius 3 is 2.23 bits per heavy atom. The second-order valence-corrected chi connectivity index (χ2v) is 13.2. The number of ketones is 1. The van der Waals surface area contributed by atoms with Gasteiger partial charge < -0.3 is 5.11 Å². The average Bonchev–Trinajstić information content (AvgIpc) is 2.41. The normalized spacial score (nSPS) is 25.7. The molecule has 0 aromatic heterocycles. The molecule has 0 amide bonds. The first kappa shape index (κ1) is 16.9. The van der Waals surface area contributed by atoms with Crippen LogP contribution >= 0.6 is 0 Å². The van der Waals surface area contributed by atoms with Crippen LogP contribution in [0.15, 0.2) is 30.3 Å². The third kappa shape index (κ3) is 2.32. The lowest BCUT2D eigenvalue weighted by Gasteiger charge is -2.56. The number of nitrogens with one attached hydrogen (secondary N) is 1.